The topological polar surface area (TPSA) is 52.3 Å². The van der Waals surface area contributed by atoms with Gasteiger partial charge >= 0.3 is 12.1 Å². The van der Waals surface area contributed by atoms with Crippen molar-refractivity contribution >= 4 is 21.9 Å². The van der Waals surface area contributed by atoms with Crippen molar-refractivity contribution in [3.8, 4) is 28.5 Å². The fourth-order valence-electron chi connectivity index (χ4n) is 3.71. The maximum atomic E-state index is 13.8. The van der Waals surface area contributed by atoms with Gasteiger partial charge in [0.05, 0.1) is 5.92 Å². The molecule has 0 atom stereocenters. The Bertz CT molecular complexity index is 1070. The Hall–Kier alpha value is -2.61. The van der Waals surface area contributed by atoms with Crippen molar-refractivity contribution in [1.82, 2.24) is 4.98 Å². The third kappa shape index (κ3) is 4.84. The summed E-state index contributed by atoms with van der Waals surface area (Å²) in [6, 6.07) is 12.9. The third-order valence-corrected chi connectivity index (χ3v) is 5.74. The van der Waals surface area contributed by atoms with Gasteiger partial charge in [-0.3, -0.25) is 4.79 Å². The lowest BCUT2D eigenvalue weighted by Gasteiger charge is -2.20. The molecule has 1 aromatic heterocycles. The second-order valence-corrected chi connectivity index (χ2v) is 8.37. The minimum atomic E-state index is -4.78. The number of carbonyl (C=O) groups excluding carboxylic acids is 1. The normalized spacial score (nSPS) is 15.1. The molecule has 3 aromatic rings. The molecule has 1 aliphatic rings. The molecule has 162 valence electrons. The minimum absolute atomic E-state index is 0.0252. The summed E-state index contributed by atoms with van der Waals surface area (Å²) >= 11 is 3.28. The number of carbonyl (C=O) groups is 1. The SMILES string of the molecule is O=C(Oc1ccc(Br)cc1-c1nc(-c2ccccc2)oc1C(F)(F)F)C1CCCCC1. The van der Waals surface area contributed by atoms with Gasteiger partial charge in [0.1, 0.15) is 11.4 Å². The molecule has 0 N–H and O–H groups in total. The van der Waals surface area contributed by atoms with E-state index in [0.717, 1.165) is 32.1 Å². The van der Waals surface area contributed by atoms with E-state index in [0.29, 0.717) is 10.0 Å². The second-order valence-electron chi connectivity index (χ2n) is 7.46. The number of oxazole rings is 1. The number of ether oxygens (including phenoxy) is 1. The molecule has 0 aliphatic heterocycles. The van der Waals surface area contributed by atoms with E-state index in [2.05, 4.69) is 20.9 Å². The standard InChI is InChI=1S/C23H19BrF3NO3/c24-16-11-12-18(30-22(29)15-9-5-2-6-10-15)17(13-16)19-20(23(25,26)27)31-21(28-19)14-7-3-1-4-8-14/h1,3-4,7-8,11-13,15H,2,5-6,9-10H2. The summed E-state index contributed by atoms with van der Waals surface area (Å²) in [5, 5.41) is 0. The Morgan fingerprint density at radius 1 is 1.06 bits per heavy atom. The van der Waals surface area contributed by atoms with E-state index in [4.69, 9.17) is 9.15 Å². The van der Waals surface area contributed by atoms with Crippen LogP contribution in [0, 0.1) is 5.92 Å². The molecule has 0 bridgehead atoms. The number of esters is 1. The zero-order chi connectivity index (χ0) is 22.0. The number of halogens is 4. The highest BCUT2D eigenvalue weighted by atomic mass is 79.9. The van der Waals surface area contributed by atoms with Gasteiger partial charge in [-0.15, -0.1) is 0 Å². The summed E-state index contributed by atoms with van der Waals surface area (Å²) < 4.78 is 52.6. The molecule has 0 amide bonds. The fraction of sp³-hybridized carbons (Fsp3) is 0.304. The van der Waals surface area contributed by atoms with Crippen molar-refractivity contribution < 1.29 is 27.1 Å². The molecule has 2 aromatic carbocycles. The smallest absolute Gasteiger partial charge is 0.431 e. The van der Waals surface area contributed by atoms with E-state index in [1.165, 1.54) is 12.1 Å². The van der Waals surface area contributed by atoms with Crippen LogP contribution in [0.25, 0.3) is 22.7 Å². The molecule has 4 rings (SSSR count). The van der Waals surface area contributed by atoms with E-state index in [1.54, 1.807) is 36.4 Å². The highest BCUT2D eigenvalue weighted by Gasteiger charge is 2.41. The summed E-state index contributed by atoms with van der Waals surface area (Å²) in [7, 11) is 0. The molecule has 0 saturated heterocycles. The highest BCUT2D eigenvalue weighted by molar-refractivity contribution is 9.10. The molecule has 1 fully saturated rings. The lowest BCUT2D eigenvalue weighted by Crippen LogP contribution is -2.23. The molecule has 1 saturated carbocycles. The van der Waals surface area contributed by atoms with Gasteiger partial charge in [0.15, 0.2) is 0 Å². The monoisotopic (exact) mass is 493 g/mol. The average Bonchev–Trinajstić information content (AvgIpc) is 3.22. The number of alkyl halides is 3. The predicted octanol–water partition coefficient (Wildman–Crippen LogP) is 7.28. The first kappa shape index (κ1) is 21.6. The highest BCUT2D eigenvalue weighted by Crippen LogP contribution is 2.43. The predicted molar refractivity (Wildman–Crippen MR) is 112 cm³/mol. The molecule has 0 radical (unpaired) electrons. The maximum Gasteiger partial charge on any atom is 0.451 e. The van der Waals surface area contributed by atoms with Crippen LogP contribution in [0.3, 0.4) is 0 Å². The van der Waals surface area contributed by atoms with Gasteiger partial charge in [0, 0.05) is 15.6 Å². The van der Waals surface area contributed by atoms with Crippen LogP contribution < -0.4 is 4.74 Å². The number of nitrogens with zero attached hydrogens (tertiary/aromatic N) is 1. The van der Waals surface area contributed by atoms with Crippen LogP contribution in [0.4, 0.5) is 13.2 Å². The van der Waals surface area contributed by atoms with Crippen LogP contribution >= 0.6 is 15.9 Å². The Labute approximate surface area is 185 Å². The van der Waals surface area contributed by atoms with Crippen LogP contribution in [0.5, 0.6) is 5.75 Å². The van der Waals surface area contributed by atoms with Crippen molar-refractivity contribution in [2.45, 2.75) is 38.3 Å². The molecule has 31 heavy (non-hydrogen) atoms. The number of hydrogen-bond acceptors (Lipinski definition) is 4. The Balaban J connectivity index is 1.77. The first-order valence-electron chi connectivity index (χ1n) is 9.98. The van der Waals surface area contributed by atoms with E-state index >= 15 is 0 Å². The first-order valence-corrected chi connectivity index (χ1v) is 10.8. The summed E-state index contributed by atoms with van der Waals surface area (Å²) in [6.07, 6.45) is -0.378. The van der Waals surface area contributed by atoms with Gasteiger partial charge in [0.25, 0.3) is 0 Å². The lowest BCUT2D eigenvalue weighted by molar-refractivity contribution is -0.152. The van der Waals surface area contributed by atoms with Gasteiger partial charge in [-0.05, 0) is 43.2 Å². The van der Waals surface area contributed by atoms with Crippen LogP contribution in [0.1, 0.15) is 37.9 Å². The van der Waals surface area contributed by atoms with Crippen molar-refractivity contribution in [2.24, 2.45) is 5.92 Å². The van der Waals surface area contributed by atoms with E-state index in [1.807, 2.05) is 0 Å². The number of aromatic nitrogens is 1. The minimum Gasteiger partial charge on any atom is -0.431 e. The van der Waals surface area contributed by atoms with Gasteiger partial charge in [-0.25, -0.2) is 4.98 Å². The summed E-state index contributed by atoms with van der Waals surface area (Å²) in [5.41, 5.74) is 0.0332. The van der Waals surface area contributed by atoms with Crippen LogP contribution in [-0.2, 0) is 11.0 Å². The van der Waals surface area contributed by atoms with Gasteiger partial charge in [-0.2, -0.15) is 13.2 Å². The van der Waals surface area contributed by atoms with Crippen LogP contribution in [0.2, 0.25) is 0 Å². The zero-order valence-corrected chi connectivity index (χ0v) is 18.0. The van der Waals surface area contributed by atoms with E-state index in [9.17, 15) is 18.0 Å². The average molecular weight is 494 g/mol. The molecular weight excluding hydrogens is 475 g/mol. The van der Waals surface area contributed by atoms with E-state index in [-0.39, 0.29) is 23.1 Å². The molecule has 1 aliphatic carbocycles. The molecule has 1 heterocycles. The van der Waals surface area contributed by atoms with Gasteiger partial charge in [0.2, 0.25) is 11.7 Å². The second kappa shape index (κ2) is 8.86. The van der Waals surface area contributed by atoms with Gasteiger partial charge in [-0.1, -0.05) is 53.4 Å². The van der Waals surface area contributed by atoms with Crippen molar-refractivity contribution in [1.29, 1.82) is 0 Å². The molecular formula is C23H19BrF3NO3. The Morgan fingerprint density at radius 2 is 1.77 bits per heavy atom. The maximum absolute atomic E-state index is 13.8. The van der Waals surface area contributed by atoms with Crippen LogP contribution in [-0.4, -0.2) is 11.0 Å². The largest absolute Gasteiger partial charge is 0.451 e. The van der Waals surface area contributed by atoms with Crippen molar-refractivity contribution in [3.63, 3.8) is 0 Å². The Kier molecular flexibility index (Phi) is 6.18. The number of rotatable bonds is 4. The third-order valence-electron chi connectivity index (χ3n) is 5.25. The van der Waals surface area contributed by atoms with Crippen molar-refractivity contribution in [3.05, 3.63) is 58.8 Å². The fourth-order valence-corrected chi connectivity index (χ4v) is 4.07. The summed E-state index contributed by atoms with van der Waals surface area (Å²) in [6.45, 7) is 0. The Morgan fingerprint density at radius 3 is 2.45 bits per heavy atom. The lowest BCUT2D eigenvalue weighted by atomic mass is 9.89. The molecule has 8 heteroatoms. The quantitative estimate of drug-likeness (QED) is 0.283. The summed E-state index contributed by atoms with van der Waals surface area (Å²) in [4.78, 5) is 16.8. The summed E-state index contributed by atoms with van der Waals surface area (Å²) in [5.74, 6) is -2.04. The number of benzene rings is 2. The molecule has 4 nitrogen and oxygen atoms in total. The van der Waals surface area contributed by atoms with Crippen LogP contribution in [0.15, 0.2) is 57.4 Å². The van der Waals surface area contributed by atoms with Crippen molar-refractivity contribution in [2.75, 3.05) is 0 Å². The molecule has 0 unspecified atom stereocenters. The van der Waals surface area contributed by atoms with E-state index < -0.39 is 23.6 Å². The van der Waals surface area contributed by atoms with Gasteiger partial charge < -0.3 is 9.15 Å². The molecule has 0 spiro atoms. The zero-order valence-electron chi connectivity index (χ0n) is 16.4. The number of hydrogen-bond donors (Lipinski definition) is 0. The first-order chi connectivity index (χ1) is 14.8.